The van der Waals surface area contributed by atoms with Gasteiger partial charge in [-0.15, -0.1) is 0 Å². The molecule has 0 atom stereocenters. The zero-order chi connectivity index (χ0) is 12.4. The number of nitrogens with one attached hydrogen (secondary N) is 1. The lowest BCUT2D eigenvalue weighted by Crippen LogP contribution is -2.43. The summed E-state index contributed by atoms with van der Waals surface area (Å²) in [6, 6.07) is 7.73. The van der Waals surface area contributed by atoms with Crippen LogP contribution in [0.25, 0.3) is 10.8 Å². The van der Waals surface area contributed by atoms with Gasteiger partial charge in [0.25, 0.3) is 0 Å². The number of hydrogen-bond acceptors (Lipinski definition) is 4. The van der Waals surface area contributed by atoms with E-state index in [9.17, 15) is 4.79 Å². The van der Waals surface area contributed by atoms with Crippen LogP contribution < -0.4 is 10.2 Å². The summed E-state index contributed by atoms with van der Waals surface area (Å²) < 4.78 is 0. The molecule has 0 bridgehead atoms. The molecule has 3 rings (SSSR count). The second kappa shape index (κ2) is 4.74. The summed E-state index contributed by atoms with van der Waals surface area (Å²) in [7, 11) is 0. The largest absolute Gasteiger partial charge is 0.354 e. The number of carbonyl (C=O) groups excluding carboxylic acids is 1. The Balaban J connectivity index is 2.11. The summed E-state index contributed by atoms with van der Waals surface area (Å²) in [5, 5.41) is 5.52. The summed E-state index contributed by atoms with van der Waals surface area (Å²) >= 11 is 0. The molecular weight excluding hydrogens is 226 g/mol. The average Bonchev–Trinajstić information content (AvgIpc) is 2.47. The van der Waals surface area contributed by atoms with Crippen LogP contribution in [-0.4, -0.2) is 37.4 Å². The number of piperazine rings is 1. The third-order valence-corrected chi connectivity index (χ3v) is 3.32. The van der Waals surface area contributed by atoms with Crippen LogP contribution in [0.1, 0.15) is 10.4 Å². The Morgan fingerprint density at radius 2 is 2.06 bits per heavy atom. The molecule has 0 spiro atoms. The van der Waals surface area contributed by atoms with E-state index < -0.39 is 0 Å². The van der Waals surface area contributed by atoms with Crippen molar-refractivity contribution in [3.63, 3.8) is 0 Å². The summed E-state index contributed by atoms with van der Waals surface area (Å²) in [4.78, 5) is 17.7. The van der Waals surface area contributed by atoms with Gasteiger partial charge in [-0.1, -0.05) is 12.1 Å². The Hall–Kier alpha value is -1.94. The number of benzene rings is 1. The predicted molar refractivity (Wildman–Crippen MR) is 72.2 cm³/mol. The van der Waals surface area contributed by atoms with Crippen molar-refractivity contribution in [2.75, 3.05) is 31.1 Å². The van der Waals surface area contributed by atoms with Gasteiger partial charge in [-0.3, -0.25) is 4.79 Å². The van der Waals surface area contributed by atoms with E-state index >= 15 is 0 Å². The van der Waals surface area contributed by atoms with Gasteiger partial charge < -0.3 is 10.2 Å². The number of aldehydes is 1. The van der Waals surface area contributed by atoms with Gasteiger partial charge in [-0.2, -0.15) is 0 Å². The van der Waals surface area contributed by atoms with Gasteiger partial charge in [0.05, 0.1) is 0 Å². The standard InChI is InChI=1S/C14H15N3O/c18-10-11-1-2-12-3-4-16-14(13(12)9-11)17-7-5-15-6-8-17/h1-4,9-10,15H,5-8H2. The van der Waals surface area contributed by atoms with Crippen molar-refractivity contribution in [2.45, 2.75) is 0 Å². The molecule has 0 aliphatic carbocycles. The number of carbonyl (C=O) groups is 1. The number of nitrogens with zero attached hydrogens (tertiary/aromatic N) is 2. The molecule has 2 aromatic rings. The monoisotopic (exact) mass is 241 g/mol. The lowest BCUT2D eigenvalue weighted by atomic mass is 10.1. The molecule has 2 heterocycles. The molecule has 0 saturated carbocycles. The first kappa shape index (κ1) is 11.2. The van der Waals surface area contributed by atoms with E-state index in [1.54, 1.807) is 0 Å². The molecule has 1 aliphatic rings. The minimum Gasteiger partial charge on any atom is -0.354 e. The summed E-state index contributed by atoms with van der Waals surface area (Å²) in [5.41, 5.74) is 0.701. The highest BCUT2D eigenvalue weighted by Gasteiger charge is 2.14. The number of fused-ring (bicyclic) bond motifs is 1. The molecule has 1 aromatic heterocycles. The molecule has 92 valence electrons. The second-order valence-electron chi connectivity index (χ2n) is 4.47. The molecule has 1 saturated heterocycles. The third-order valence-electron chi connectivity index (χ3n) is 3.32. The molecule has 0 radical (unpaired) electrons. The maximum absolute atomic E-state index is 10.9. The highest BCUT2D eigenvalue weighted by Crippen LogP contribution is 2.25. The van der Waals surface area contributed by atoms with E-state index in [-0.39, 0.29) is 0 Å². The van der Waals surface area contributed by atoms with Gasteiger partial charge in [0.15, 0.2) is 0 Å². The fourth-order valence-corrected chi connectivity index (χ4v) is 2.37. The molecule has 1 aromatic carbocycles. The molecule has 1 aliphatic heterocycles. The quantitative estimate of drug-likeness (QED) is 0.808. The van der Waals surface area contributed by atoms with E-state index in [4.69, 9.17) is 0 Å². The van der Waals surface area contributed by atoms with Crippen LogP contribution in [0.4, 0.5) is 5.82 Å². The predicted octanol–water partition coefficient (Wildman–Crippen LogP) is 1.46. The lowest BCUT2D eigenvalue weighted by Gasteiger charge is -2.29. The van der Waals surface area contributed by atoms with Gasteiger partial charge in [-0.25, -0.2) is 4.98 Å². The minimum atomic E-state index is 0.701. The van der Waals surface area contributed by atoms with E-state index in [1.807, 2.05) is 30.5 Å². The summed E-state index contributed by atoms with van der Waals surface area (Å²) in [6.07, 6.45) is 2.72. The zero-order valence-corrected chi connectivity index (χ0v) is 10.1. The first-order valence-electron chi connectivity index (χ1n) is 6.18. The maximum atomic E-state index is 10.9. The number of hydrogen-bond donors (Lipinski definition) is 1. The number of pyridine rings is 1. The van der Waals surface area contributed by atoms with E-state index in [0.717, 1.165) is 49.1 Å². The lowest BCUT2D eigenvalue weighted by molar-refractivity contribution is 0.112. The van der Waals surface area contributed by atoms with E-state index in [0.29, 0.717) is 5.56 Å². The third kappa shape index (κ3) is 1.95. The number of aromatic nitrogens is 1. The first-order chi connectivity index (χ1) is 8.88. The molecule has 1 fully saturated rings. The van der Waals surface area contributed by atoms with Gasteiger partial charge in [-0.05, 0) is 17.5 Å². The van der Waals surface area contributed by atoms with Crippen LogP contribution >= 0.6 is 0 Å². The molecule has 18 heavy (non-hydrogen) atoms. The van der Waals surface area contributed by atoms with Crippen LogP contribution in [0.15, 0.2) is 30.5 Å². The Labute approximate surface area is 106 Å². The fourth-order valence-electron chi connectivity index (χ4n) is 2.37. The van der Waals surface area contributed by atoms with Crippen LogP contribution in [0, 0.1) is 0 Å². The Kier molecular flexibility index (Phi) is 2.94. The van der Waals surface area contributed by atoms with Crippen molar-refractivity contribution < 1.29 is 4.79 Å². The highest BCUT2D eigenvalue weighted by atomic mass is 16.1. The molecule has 1 N–H and O–H groups in total. The summed E-state index contributed by atoms with van der Waals surface area (Å²) in [6.45, 7) is 3.87. The maximum Gasteiger partial charge on any atom is 0.150 e. The SMILES string of the molecule is O=Cc1ccc2ccnc(N3CCNCC3)c2c1. The van der Waals surface area contributed by atoms with Gasteiger partial charge >= 0.3 is 0 Å². The van der Waals surface area contributed by atoms with Gasteiger partial charge in [0.2, 0.25) is 0 Å². The molecule has 0 amide bonds. The van der Waals surface area contributed by atoms with Crippen molar-refractivity contribution in [3.05, 3.63) is 36.0 Å². The van der Waals surface area contributed by atoms with E-state index in [2.05, 4.69) is 15.2 Å². The smallest absolute Gasteiger partial charge is 0.150 e. The van der Waals surface area contributed by atoms with Crippen LogP contribution in [0.3, 0.4) is 0 Å². The average molecular weight is 241 g/mol. The van der Waals surface area contributed by atoms with Gasteiger partial charge in [0.1, 0.15) is 12.1 Å². The van der Waals surface area contributed by atoms with E-state index in [1.165, 1.54) is 0 Å². The van der Waals surface area contributed by atoms with Gasteiger partial charge in [0, 0.05) is 43.3 Å². The van der Waals surface area contributed by atoms with Crippen molar-refractivity contribution in [2.24, 2.45) is 0 Å². The summed E-state index contributed by atoms with van der Waals surface area (Å²) in [5.74, 6) is 0.984. The molecule has 0 unspecified atom stereocenters. The van der Waals surface area contributed by atoms with Crippen molar-refractivity contribution in [1.82, 2.24) is 10.3 Å². The fraction of sp³-hybridized carbons (Fsp3) is 0.286. The van der Waals surface area contributed by atoms with Crippen molar-refractivity contribution in [3.8, 4) is 0 Å². The molecule has 4 nitrogen and oxygen atoms in total. The second-order valence-corrected chi connectivity index (χ2v) is 4.47. The van der Waals surface area contributed by atoms with Crippen LogP contribution in [-0.2, 0) is 0 Å². The Morgan fingerprint density at radius 1 is 1.22 bits per heavy atom. The Bertz CT molecular complexity index is 576. The van der Waals surface area contributed by atoms with Crippen LogP contribution in [0.5, 0.6) is 0 Å². The normalized spacial score (nSPS) is 15.9. The minimum absolute atomic E-state index is 0.701. The highest BCUT2D eigenvalue weighted by molar-refractivity contribution is 5.95. The van der Waals surface area contributed by atoms with Crippen molar-refractivity contribution >= 4 is 22.9 Å². The topological polar surface area (TPSA) is 45.2 Å². The number of rotatable bonds is 2. The molecule has 4 heteroatoms. The van der Waals surface area contributed by atoms with Crippen LogP contribution in [0.2, 0.25) is 0 Å². The Morgan fingerprint density at radius 3 is 2.83 bits per heavy atom. The number of anilines is 1. The van der Waals surface area contributed by atoms with Crippen molar-refractivity contribution in [1.29, 1.82) is 0 Å². The first-order valence-corrected chi connectivity index (χ1v) is 6.18. The zero-order valence-electron chi connectivity index (χ0n) is 10.1. The molecular formula is C14H15N3O.